The number of aryl methyl sites for hydroxylation is 1. The third kappa shape index (κ3) is 4.36. The Morgan fingerprint density at radius 3 is 2.41 bits per heavy atom. The molecule has 1 aromatic heterocycles. The molecule has 0 amide bonds. The minimum absolute atomic E-state index is 0.661. The molecule has 0 aliphatic heterocycles. The van der Waals surface area contributed by atoms with Crippen LogP contribution in [0.25, 0.3) is 10.9 Å². The Balaban J connectivity index is 0.000000450. The van der Waals surface area contributed by atoms with Gasteiger partial charge in [0.15, 0.2) is 0 Å². The zero-order chi connectivity index (χ0) is 13.3. The molecule has 17 heavy (non-hydrogen) atoms. The van der Waals surface area contributed by atoms with Gasteiger partial charge >= 0.3 is 0 Å². The van der Waals surface area contributed by atoms with E-state index in [1.165, 1.54) is 0 Å². The molecular weight excluding hydrogens is 216 g/mol. The molecule has 0 aliphatic rings. The number of fused-ring (bicyclic) bond motifs is 1. The Bertz CT molecular complexity index is 450. The molecule has 94 valence electrons. The largest absolute Gasteiger partial charge is 0.388 e. The van der Waals surface area contributed by atoms with E-state index in [0.717, 1.165) is 22.9 Å². The molecule has 1 aromatic carbocycles. The van der Waals surface area contributed by atoms with Crippen LogP contribution in [0.1, 0.15) is 29.9 Å². The quantitative estimate of drug-likeness (QED) is 0.774. The standard InChI is InChI=1S/C9H8N2O.C2H6O.C2H6/c1-6-8-3-2-7(5-12)4-9(8)11-10-6;1-3-2;1-2/h2-5H,1H3,(H,10,11);1-2H3;1-2H3. The zero-order valence-corrected chi connectivity index (χ0v) is 11.1. The maximum absolute atomic E-state index is 10.4. The fourth-order valence-electron chi connectivity index (χ4n) is 1.24. The molecule has 0 aliphatic carbocycles. The first-order chi connectivity index (χ1) is 8.22. The Morgan fingerprint density at radius 2 is 1.88 bits per heavy atom. The lowest BCUT2D eigenvalue weighted by molar-refractivity contribution is 0.112. The van der Waals surface area contributed by atoms with Crippen molar-refractivity contribution in [1.82, 2.24) is 10.2 Å². The highest BCUT2D eigenvalue weighted by Gasteiger charge is 2.00. The van der Waals surface area contributed by atoms with E-state index in [2.05, 4.69) is 14.9 Å². The smallest absolute Gasteiger partial charge is 0.150 e. The minimum Gasteiger partial charge on any atom is -0.388 e. The molecule has 0 fully saturated rings. The van der Waals surface area contributed by atoms with Crippen molar-refractivity contribution < 1.29 is 9.53 Å². The molecule has 0 spiro atoms. The van der Waals surface area contributed by atoms with Gasteiger partial charge in [0, 0.05) is 30.9 Å². The number of rotatable bonds is 1. The molecule has 1 heterocycles. The number of nitrogens with one attached hydrogen (secondary N) is 1. The first-order valence-electron chi connectivity index (χ1n) is 5.53. The lowest BCUT2D eigenvalue weighted by atomic mass is 10.1. The highest BCUT2D eigenvalue weighted by Crippen LogP contribution is 2.15. The minimum atomic E-state index is 0.661. The molecule has 0 atom stereocenters. The summed E-state index contributed by atoms with van der Waals surface area (Å²) in [5.41, 5.74) is 2.54. The first-order valence-corrected chi connectivity index (χ1v) is 5.53. The molecule has 0 bridgehead atoms. The summed E-state index contributed by atoms with van der Waals surface area (Å²) in [6.45, 7) is 5.95. The second-order valence-electron chi connectivity index (χ2n) is 3.15. The number of aromatic nitrogens is 2. The van der Waals surface area contributed by atoms with Gasteiger partial charge in [-0.1, -0.05) is 26.0 Å². The molecule has 1 N–H and O–H groups in total. The summed E-state index contributed by atoms with van der Waals surface area (Å²) in [6.07, 6.45) is 0.823. The number of ether oxygens (including phenoxy) is 1. The Kier molecular flexibility index (Phi) is 7.63. The van der Waals surface area contributed by atoms with Crippen LogP contribution in [0.4, 0.5) is 0 Å². The third-order valence-corrected chi connectivity index (χ3v) is 1.91. The lowest BCUT2D eigenvalue weighted by Gasteiger charge is -1.89. The predicted molar refractivity (Wildman–Crippen MR) is 70.5 cm³/mol. The number of benzene rings is 1. The van der Waals surface area contributed by atoms with Crippen molar-refractivity contribution in [3.8, 4) is 0 Å². The molecule has 4 heteroatoms. The molecular formula is C13H20N2O2. The van der Waals surface area contributed by atoms with Crippen molar-refractivity contribution in [2.24, 2.45) is 0 Å². The first kappa shape index (κ1) is 15.3. The van der Waals surface area contributed by atoms with E-state index in [1.807, 2.05) is 26.8 Å². The van der Waals surface area contributed by atoms with E-state index in [-0.39, 0.29) is 0 Å². The van der Waals surface area contributed by atoms with Crippen molar-refractivity contribution in [2.45, 2.75) is 20.8 Å². The van der Waals surface area contributed by atoms with Crippen LogP contribution in [0.3, 0.4) is 0 Å². The van der Waals surface area contributed by atoms with Crippen LogP contribution >= 0.6 is 0 Å². The Labute approximate surface area is 102 Å². The van der Waals surface area contributed by atoms with Crippen LogP contribution in [-0.2, 0) is 4.74 Å². The topological polar surface area (TPSA) is 55.0 Å². The average molecular weight is 236 g/mol. The van der Waals surface area contributed by atoms with Gasteiger partial charge in [-0.2, -0.15) is 5.10 Å². The molecule has 0 radical (unpaired) electrons. The number of H-pyrrole nitrogens is 1. The van der Waals surface area contributed by atoms with Crippen LogP contribution in [0.15, 0.2) is 18.2 Å². The molecule has 0 saturated heterocycles. The van der Waals surface area contributed by atoms with Crippen LogP contribution in [0.5, 0.6) is 0 Å². The molecule has 0 unspecified atom stereocenters. The van der Waals surface area contributed by atoms with Crippen molar-refractivity contribution >= 4 is 17.2 Å². The van der Waals surface area contributed by atoms with Gasteiger partial charge in [0.25, 0.3) is 0 Å². The molecule has 0 saturated carbocycles. The predicted octanol–water partition coefficient (Wildman–Crippen LogP) is 2.97. The second-order valence-corrected chi connectivity index (χ2v) is 3.15. The van der Waals surface area contributed by atoms with E-state index < -0.39 is 0 Å². The monoisotopic (exact) mass is 236 g/mol. The normalized spacial score (nSPS) is 8.76. The summed E-state index contributed by atoms with van der Waals surface area (Å²) in [6, 6.07) is 5.46. The summed E-state index contributed by atoms with van der Waals surface area (Å²) in [5, 5.41) is 7.97. The van der Waals surface area contributed by atoms with E-state index >= 15 is 0 Å². The maximum atomic E-state index is 10.4. The molecule has 2 aromatic rings. The molecule has 2 rings (SSSR count). The van der Waals surface area contributed by atoms with Gasteiger partial charge in [0.05, 0.1) is 5.52 Å². The Hall–Kier alpha value is -1.68. The SMILES string of the molecule is CC.COC.Cc1[nH]nc2cc(C=O)ccc12. The van der Waals surface area contributed by atoms with E-state index in [9.17, 15) is 4.79 Å². The number of hydrogen-bond acceptors (Lipinski definition) is 3. The summed E-state index contributed by atoms with van der Waals surface area (Å²) in [7, 11) is 3.25. The van der Waals surface area contributed by atoms with E-state index in [1.54, 1.807) is 26.4 Å². The van der Waals surface area contributed by atoms with Crippen LogP contribution in [0.2, 0.25) is 0 Å². The number of aromatic amines is 1. The average Bonchev–Trinajstić information content (AvgIpc) is 2.74. The van der Waals surface area contributed by atoms with Gasteiger partial charge in [-0.05, 0) is 13.0 Å². The number of nitrogens with zero attached hydrogens (tertiary/aromatic N) is 1. The summed E-state index contributed by atoms with van der Waals surface area (Å²) < 4.78 is 4.25. The maximum Gasteiger partial charge on any atom is 0.150 e. The van der Waals surface area contributed by atoms with Gasteiger partial charge in [0.2, 0.25) is 0 Å². The lowest BCUT2D eigenvalue weighted by Crippen LogP contribution is -1.78. The fourth-order valence-corrected chi connectivity index (χ4v) is 1.24. The number of aldehydes is 1. The number of carbonyl (C=O) groups excluding carboxylic acids is 1. The van der Waals surface area contributed by atoms with Crippen molar-refractivity contribution in [3.63, 3.8) is 0 Å². The zero-order valence-electron chi connectivity index (χ0n) is 11.1. The van der Waals surface area contributed by atoms with Crippen molar-refractivity contribution in [1.29, 1.82) is 0 Å². The van der Waals surface area contributed by atoms with Crippen LogP contribution < -0.4 is 0 Å². The van der Waals surface area contributed by atoms with E-state index in [0.29, 0.717) is 5.56 Å². The summed E-state index contributed by atoms with van der Waals surface area (Å²) >= 11 is 0. The highest BCUT2D eigenvalue weighted by molar-refractivity contribution is 5.87. The number of carbonyl (C=O) groups is 1. The van der Waals surface area contributed by atoms with Gasteiger partial charge in [-0.15, -0.1) is 0 Å². The number of methoxy groups -OCH3 is 1. The summed E-state index contributed by atoms with van der Waals surface area (Å²) in [4.78, 5) is 10.4. The van der Waals surface area contributed by atoms with Gasteiger partial charge in [0.1, 0.15) is 6.29 Å². The Morgan fingerprint density at radius 1 is 1.29 bits per heavy atom. The van der Waals surface area contributed by atoms with Crippen molar-refractivity contribution in [3.05, 3.63) is 29.5 Å². The van der Waals surface area contributed by atoms with Crippen LogP contribution in [0, 0.1) is 6.92 Å². The van der Waals surface area contributed by atoms with Gasteiger partial charge < -0.3 is 4.74 Å². The van der Waals surface area contributed by atoms with Gasteiger partial charge in [-0.25, -0.2) is 0 Å². The fraction of sp³-hybridized carbons (Fsp3) is 0.385. The van der Waals surface area contributed by atoms with E-state index in [4.69, 9.17) is 0 Å². The summed E-state index contributed by atoms with van der Waals surface area (Å²) in [5.74, 6) is 0. The van der Waals surface area contributed by atoms with Gasteiger partial charge in [-0.3, -0.25) is 9.89 Å². The third-order valence-electron chi connectivity index (χ3n) is 1.91. The second kappa shape index (κ2) is 8.47. The number of hydrogen-bond donors (Lipinski definition) is 1. The van der Waals surface area contributed by atoms with Crippen LogP contribution in [-0.4, -0.2) is 30.7 Å². The highest BCUT2D eigenvalue weighted by atomic mass is 16.4. The van der Waals surface area contributed by atoms with Crippen molar-refractivity contribution in [2.75, 3.05) is 14.2 Å². The molecule has 4 nitrogen and oxygen atoms in total.